The maximum Gasteiger partial charge on any atom is 0.311 e. The van der Waals surface area contributed by atoms with Crippen molar-refractivity contribution in [2.24, 2.45) is 5.73 Å². The number of aromatic nitrogens is 1. The first-order valence-corrected chi connectivity index (χ1v) is 10.5. The van der Waals surface area contributed by atoms with Gasteiger partial charge in [0.15, 0.2) is 5.82 Å². The molecule has 0 fully saturated rings. The lowest BCUT2D eigenvalue weighted by Gasteiger charge is -2.17. The van der Waals surface area contributed by atoms with Gasteiger partial charge in [0, 0.05) is 29.6 Å². The number of rotatable bonds is 7. The molecule has 2 aromatic carbocycles. The van der Waals surface area contributed by atoms with Gasteiger partial charge in [0.25, 0.3) is 5.91 Å². The van der Waals surface area contributed by atoms with E-state index in [0.29, 0.717) is 12.0 Å². The van der Waals surface area contributed by atoms with Gasteiger partial charge in [0.2, 0.25) is 0 Å². The predicted octanol–water partition coefficient (Wildman–Crippen LogP) is 5.06. The minimum atomic E-state index is -1.04. The number of nitrogens with two attached hydrogens (primary N) is 1. The summed E-state index contributed by atoms with van der Waals surface area (Å²) in [5.41, 5.74) is 6.14. The van der Waals surface area contributed by atoms with Crippen LogP contribution in [0.2, 0.25) is 0 Å². The fourth-order valence-corrected chi connectivity index (χ4v) is 3.94. The lowest BCUT2D eigenvalue weighted by atomic mass is 9.94. The highest BCUT2D eigenvalue weighted by molar-refractivity contribution is 6.09. The van der Waals surface area contributed by atoms with E-state index in [1.807, 2.05) is 0 Å². The van der Waals surface area contributed by atoms with Crippen molar-refractivity contribution in [2.75, 3.05) is 5.32 Å². The maximum atomic E-state index is 15.3. The van der Waals surface area contributed by atoms with Crippen molar-refractivity contribution in [3.05, 3.63) is 83.4 Å². The Morgan fingerprint density at radius 3 is 2.62 bits per heavy atom. The van der Waals surface area contributed by atoms with Crippen LogP contribution in [0.3, 0.4) is 0 Å². The van der Waals surface area contributed by atoms with Crippen molar-refractivity contribution in [3.8, 4) is 11.1 Å². The van der Waals surface area contributed by atoms with Gasteiger partial charge in [-0.1, -0.05) is 25.1 Å². The van der Waals surface area contributed by atoms with Gasteiger partial charge in [0.1, 0.15) is 11.4 Å². The number of amides is 1. The molecule has 4 aromatic rings. The van der Waals surface area contributed by atoms with Crippen LogP contribution in [0.25, 0.3) is 22.1 Å². The second kappa shape index (κ2) is 9.40. The molecule has 0 spiro atoms. The summed E-state index contributed by atoms with van der Waals surface area (Å²) in [6, 6.07) is 10.4. The van der Waals surface area contributed by atoms with Crippen LogP contribution in [0, 0.1) is 11.6 Å². The Kier molecular flexibility index (Phi) is 6.38. The molecule has 7 nitrogen and oxygen atoms in total. The van der Waals surface area contributed by atoms with Crippen LogP contribution in [0.4, 0.5) is 14.5 Å². The van der Waals surface area contributed by atoms with E-state index < -0.39 is 29.4 Å². The van der Waals surface area contributed by atoms with E-state index in [4.69, 9.17) is 10.2 Å². The van der Waals surface area contributed by atoms with E-state index in [2.05, 4.69) is 10.3 Å². The number of carbonyl (C=O) groups is 2. The quantitative estimate of drug-likeness (QED) is 0.351. The maximum absolute atomic E-state index is 15.3. The SMILES string of the molecule is CCC(C(=O)O)c1ccccc1NC(=O)c1cc(-c2ccnc(CN)c2F)c2occc2c1F. The first-order chi connectivity index (χ1) is 16.4. The van der Waals surface area contributed by atoms with Crippen LogP contribution in [0.15, 0.2) is 59.3 Å². The molecule has 0 saturated heterocycles. The zero-order valence-electron chi connectivity index (χ0n) is 18.1. The second-order valence-electron chi connectivity index (χ2n) is 7.61. The predicted molar refractivity (Wildman–Crippen MR) is 122 cm³/mol. The first kappa shape index (κ1) is 23.1. The van der Waals surface area contributed by atoms with E-state index in [9.17, 15) is 19.1 Å². The standard InChI is InChI=1S/C25H21F2N3O4/c1-2-13(25(32)33)14-5-3-4-6-19(14)30-24(31)18-11-17(23-16(21(18)26)8-10-34-23)15-7-9-29-20(12-28)22(15)27/h3-11,13H,2,12,28H2,1H3,(H,30,31)(H,32,33). The smallest absolute Gasteiger partial charge is 0.311 e. The number of benzene rings is 2. The van der Waals surface area contributed by atoms with Crippen molar-refractivity contribution < 1.29 is 27.9 Å². The zero-order valence-corrected chi connectivity index (χ0v) is 18.1. The third-order valence-corrected chi connectivity index (χ3v) is 5.65. The van der Waals surface area contributed by atoms with Gasteiger partial charge in [-0.25, -0.2) is 8.78 Å². The molecule has 1 atom stereocenters. The molecule has 0 bridgehead atoms. The van der Waals surface area contributed by atoms with E-state index in [1.54, 1.807) is 31.2 Å². The van der Waals surface area contributed by atoms with Crippen LogP contribution in [0.5, 0.6) is 0 Å². The summed E-state index contributed by atoms with van der Waals surface area (Å²) in [5, 5.41) is 12.1. The molecule has 1 unspecified atom stereocenters. The van der Waals surface area contributed by atoms with Crippen molar-refractivity contribution in [3.63, 3.8) is 0 Å². The monoisotopic (exact) mass is 465 g/mol. The number of halogens is 2. The molecular formula is C25H21F2N3O4. The Morgan fingerprint density at radius 2 is 1.91 bits per heavy atom. The van der Waals surface area contributed by atoms with E-state index in [0.717, 1.165) is 0 Å². The molecule has 9 heteroatoms. The average molecular weight is 465 g/mol. The lowest BCUT2D eigenvalue weighted by Crippen LogP contribution is -2.18. The van der Waals surface area contributed by atoms with Gasteiger partial charge in [-0.2, -0.15) is 0 Å². The lowest BCUT2D eigenvalue weighted by molar-refractivity contribution is -0.138. The topological polar surface area (TPSA) is 118 Å². The molecule has 4 N–H and O–H groups in total. The number of nitrogens with zero attached hydrogens (tertiary/aromatic N) is 1. The van der Waals surface area contributed by atoms with Crippen molar-refractivity contribution in [1.82, 2.24) is 4.98 Å². The molecule has 4 rings (SSSR count). The Hall–Kier alpha value is -4.11. The summed E-state index contributed by atoms with van der Waals surface area (Å²) in [5.74, 6) is -4.25. The van der Waals surface area contributed by atoms with E-state index in [-0.39, 0.29) is 45.6 Å². The molecular weight excluding hydrogens is 444 g/mol. The molecule has 0 aliphatic rings. The van der Waals surface area contributed by atoms with Crippen LogP contribution in [0.1, 0.15) is 40.9 Å². The number of furan rings is 1. The summed E-state index contributed by atoms with van der Waals surface area (Å²) < 4.78 is 35.7. The molecule has 0 aliphatic heterocycles. The van der Waals surface area contributed by atoms with Crippen molar-refractivity contribution in [1.29, 1.82) is 0 Å². The van der Waals surface area contributed by atoms with Crippen LogP contribution < -0.4 is 11.1 Å². The molecule has 2 heterocycles. The third-order valence-electron chi connectivity index (χ3n) is 5.65. The van der Waals surface area contributed by atoms with Gasteiger partial charge in [-0.05, 0) is 36.2 Å². The molecule has 174 valence electrons. The summed E-state index contributed by atoms with van der Waals surface area (Å²) in [6.07, 6.45) is 2.91. The Balaban J connectivity index is 1.82. The third kappa shape index (κ3) is 4.01. The molecule has 0 radical (unpaired) electrons. The Morgan fingerprint density at radius 1 is 1.15 bits per heavy atom. The van der Waals surface area contributed by atoms with Gasteiger partial charge in [-0.15, -0.1) is 0 Å². The summed E-state index contributed by atoms with van der Waals surface area (Å²) >= 11 is 0. The molecule has 0 saturated carbocycles. The Bertz CT molecular complexity index is 1400. The zero-order chi connectivity index (χ0) is 24.4. The number of para-hydroxylation sites is 1. The number of carbonyl (C=O) groups excluding carboxylic acids is 1. The fraction of sp³-hybridized carbons (Fsp3) is 0.160. The normalized spacial score (nSPS) is 12.0. The molecule has 2 aromatic heterocycles. The van der Waals surface area contributed by atoms with Gasteiger partial charge < -0.3 is 20.6 Å². The van der Waals surface area contributed by atoms with E-state index in [1.165, 1.54) is 30.7 Å². The van der Waals surface area contributed by atoms with Crippen LogP contribution >= 0.6 is 0 Å². The average Bonchev–Trinajstić information content (AvgIpc) is 3.32. The number of hydrogen-bond acceptors (Lipinski definition) is 5. The number of aliphatic carboxylic acids is 1. The summed E-state index contributed by atoms with van der Waals surface area (Å²) in [6.45, 7) is 1.57. The number of anilines is 1. The van der Waals surface area contributed by atoms with Crippen LogP contribution in [-0.4, -0.2) is 22.0 Å². The summed E-state index contributed by atoms with van der Waals surface area (Å²) in [4.78, 5) is 28.7. The van der Waals surface area contributed by atoms with Crippen LogP contribution in [-0.2, 0) is 11.3 Å². The van der Waals surface area contributed by atoms with Gasteiger partial charge in [-0.3, -0.25) is 14.6 Å². The Labute approximate surface area is 193 Å². The number of nitrogens with one attached hydrogen (secondary N) is 1. The molecule has 34 heavy (non-hydrogen) atoms. The van der Waals surface area contributed by atoms with E-state index >= 15 is 4.39 Å². The van der Waals surface area contributed by atoms with Crippen molar-refractivity contribution in [2.45, 2.75) is 25.8 Å². The second-order valence-corrected chi connectivity index (χ2v) is 7.61. The summed E-state index contributed by atoms with van der Waals surface area (Å²) in [7, 11) is 0. The van der Waals surface area contributed by atoms with Gasteiger partial charge in [0.05, 0.1) is 28.8 Å². The van der Waals surface area contributed by atoms with Gasteiger partial charge >= 0.3 is 5.97 Å². The number of hydrogen-bond donors (Lipinski definition) is 3. The number of pyridine rings is 1. The highest BCUT2D eigenvalue weighted by Crippen LogP contribution is 2.36. The number of carboxylic acids is 1. The fourth-order valence-electron chi connectivity index (χ4n) is 3.94. The highest BCUT2D eigenvalue weighted by atomic mass is 19.1. The highest BCUT2D eigenvalue weighted by Gasteiger charge is 2.25. The number of fused-ring (bicyclic) bond motifs is 1. The first-order valence-electron chi connectivity index (χ1n) is 10.5. The largest absolute Gasteiger partial charge is 0.481 e. The molecule has 1 amide bonds. The minimum absolute atomic E-state index is 0.00147. The molecule has 0 aliphatic carbocycles. The number of carboxylic acid groups (broad SMARTS) is 1. The van der Waals surface area contributed by atoms with Crippen molar-refractivity contribution >= 4 is 28.5 Å². The minimum Gasteiger partial charge on any atom is -0.481 e.